The summed E-state index contributed by atoms with van der Waals surface area (Å²) in [4.78, 5) is 24.3. The van der Waals surface area contributed by atoms with Crippen LogP contribution < -0.4 is 10.9 Å². The van der Waals surface area contributed by atoms with Crippen LogP contribution >= 0.6 is 0 Å². The topological polar surface area (TPSA) is 64.0 Å². The molecule has 0 atom stereocenters. The zero-order valence-electron chi connectivity index (χ0n) is 12.2. The Balaban J connectivity index is 1.93. The standard InChI is InChI=1S/C17H17N3O2/c1-2-10-20-17(22)14-9-4-3-8-13(14)15(19-20)11-18-16(21)12-6-5-7-12/h1,3-4,8-9,12H,5-7,10-11H2,(H,18,21). The molecule has 1 aliphatic carbocycles. The Morgan fingerprint density at radius 2 is 2.09 bits per heavy atom. The van der Waals surface area contributed by atoms with Crippen LogP contribution in [0, 0.1) is 18.3 Å². The van der Waals surface area contributed by atoms with E-state index in [9.17, 15) is 9.59 Å². The molecule has 22 heavy (non-hydrogen) atoms. The van der Waals surface area contributed by atoms with Gasteiger partial charge in [0.15, 0.2) is 0 Å². The Morgan fingerprint density at radius 3 is 2.73 bits per heavy atom. The first-order valence-electron chi connectivity index (χ1n) is 7.40. The van der Waals surface area contributed by atoms with Crippen molar-refractivity contribution in [2.24, 2.45) is 5.92 Å². The quantitative estimate of drug-likeness (QED) is 0.868. The Kier molecular flexibility index (Phi) is 3.92. The minimum Gasteiger partial charge on any atom is -0.350 e. The van der Waals surface area contributed by atoms with Crippen molar-refractivity contribution in [2.45, 2.75) is 32.4 Å². The Labute approximate surface area is 128 Å². The summed E-state index contributed by atoms with van der Waals surface area (Å²) in [6.07, 6.45) is 8.32. The first kappa shape index (κ1) is 14.3. The van der Waals surface area contributed by atoms with Crippen LogP contribution in [0.4, 0.5) is 0 Å². The van der Waals surface area contributed by atoms with Gasteiger partial charge in [0.05, 0.1) is 17.6 Å². The van der Waals surface area contributed by atoms with Crippen molar-refractivity contribution in [3.05, 3.63) is 40.3 Å². The van der Waals surface area contributed by atoms with E-state index in [1.165, 1.54) is 4.68 Å². The molecular formula is C17H17N3O2. The number of hydrogen-bond donors (Lipinski definition) is 1. The highest BCUT2D eigenvalue weighted by Gasteiger charge is 2.25. The lowest BCUT2D eigenvalue weighted by Crippen LogP contribution is -2.35. The molecule has 1 saturated carbocycles. The second kappa shape index (κ2) is 6.02. The lowest BCUT2D eigenvalue weighted by atomic mass is 9.85. The molecule has 1 N–H and O–H groups in total. The molecule has 1 aliphatic rings. The van der Waals surface area contributed by atoms with Crippen LogP contribution in [0.2, 0.25) is 0 Å². The van der Waals surface area contributed by atoms with E-state index in [0.29, 0.717) is 17.6 Å². The normalized spacial score (nSPS) is 14.3. The lowest BCUT2D eigenvalue weighted by Gasteiger charge is -2.24. The van der Waals surface area contributed by atoms with E-state index in [1.807, 2.05) is 12.1 Å². The molecule has 1 aromatic carbocycles. The summed E-state index contributed by atoms with van der Waals surface area (Å²) in [5, 5.41) is 8.55. The van der Waals surface area contributed by atoms with Crippen LogP contribution in [0.3, 0.4) is 0 Å². The van der Waals surface area contributed by atoms with Crippen LogP contribution in [0.1, 0.15) is 25.0 Å². The fourth-order valence-electron chi connectivity index (χ4n) is 2.62. The summed E-state index contributed by atoms with van der Waals surface area (Å²) in [6, 6.07) is 7.26. The summed E-state index contributed by atoms with van der Waals surface area (Å²) < 4.78 is 1.27. The van der Waals surface area contributed by atoms with Crippen molar-refractivity contribution in [2.75, 3.05) is 0 Å². The van der Waals surface area contributed by atoms with Gasteiger partial charge in [-0.3, -0.25) is 9.59 Å². The van der Waals surface area contributed by atoms with Crippen LogP contribution in [0.15, 0.2) is 29.1 Å². The predicted molar refractivity (Wildman–Crippen MR) is 84.0 cm³/mol. The lowest BCUT2D eigenvalue weighted by molar-refractivity contribution is -0.127. The zero-order chi connectivity index (χ0) is 15.5. The Bertz CT molecular complexity index is 813. The van der Waals surface area contributed by atoms with Gasteiger partial charge in [0.25, 0.3) is 5.56 Å². The minimum absolute atomic E-state index is 0.0619. The smallest absolute Gasteiger partial charge is 0.275 e. The third-order valence-electron chi connectivity index (χ3n) is 4.09. The van der Waals surface area contributed by atoms with Crippen molar-refractivity contribution in [3.8, 4) is 12.3 Å². The fourth-order valence-corrected chi connectivity index (χ4v) is 2.62. The van der Waals surface area contributed by atoms with Gasteiger partial charge in [-0.1, -0.05) is 30.5 Å². The second-order valence-electron chi connectivity index (χ2n) is 5.50. The first-order chi connectivity index (χ1) is 10.7. The molecule has 2 aromatic rings. The molecule has 0 radical (unpaired) electrons. The summed E-state index contributed by atoms with van der Waals surface area (Å²) in [5.41, 5.74) is 0.459. The predicted octanol–water partition coefficient (Wildman–Crippen LogP) is 1.45. The van der Waals surface area contributed by atoms with Gasteiger partial charge in [0.2, 0.25) is 5.91 Å². The van der Waals surface area contributed by atoms with Gasteiger partial charge in [-0.2, -0.15) is 5.10 Å². The first-order valence-corrected chi connectivity index (χ1v) is 7.40. The van der Waals surface area contributed by atoms with Crippen molar-refractivity contribution < 1.29 is 4.79 Å². The molecule has 0 bridgehead atoms. The third-order valence-corrected chi connectivity index (χ3v) is 4.09. The molecule has 1 amide bonds. The van der Waals surface area contributed by atoms with Gasteiger partial charge in [-0.25, -0.2) is 4.68 Å². The minimum atomic E-state index is -0.206. The number of hydrogen-bond acceptors (Lipinski definition) is 3. The number of aromatic nitrogens is 2. The number of nitrogens with one attached hydrogen (secondary N) is 1. The highest BCUT2D eigenvalue weighted by Crippen LogP contribution is 2.26. The Morgan fingerprint density at radius 1 is 1.36 bits per heavy atom. The summed E-state index contributed by atoms with van der Waals surface area (Å²) in [5.74, 6) is 2.62. The number of amides is 1. The van der Waals surface area contributed by atoms with Gasteiger partial charge in [0.1, 0.15) is 6.54 Å². The molecule has 1 fully saturated rings. The van der Waals surface area contributed by atoms with E-state index in [2.05, 4.69) is 16.3 Å². The van der Waals surface area contributed by atoms with Crippen LogP contribution in [0.25, 0.3) is 10.8 Å². The highest BCUT2D eigenvalue weighted by molar-refractivity contribution is 5.84. The zero-order valence-corrected chi connectivity index (χ0v) is 12.2. The molecule has 0 saturated heterocycles. The van der Waals surface area contributed by atoms with Crippen molar-refractivity contribution >= 4 is 16.7 Å². The van der Waals surface area contributed by atoms with E-state index in [-0.39, 0.29) is 23.9 Å². The van der Waals surface area contributed by atoms with Gasteiger partial charge >= 0.3 is 0 Å². The number of nitrogens with zero attached hydrogens (tertiary/aromatic N) is 2. The molecule has 5 nitrogen and oxygen atoms in total. The van der Waals surface area contributed by atoms with E-state index < -0.39 is 0 Å². The molecule has 1 heterocycles. The van der Waals surface area contributed by atoms with Gasteiger partial charge in [0, 0.05) is 11.3 Å². The number of fused-ring (bicyclic) bond motifs is 1. The van der Waals surface area contributed by atoms with Gasteiger partial charge < -0.3 is 5.32 Å². The maximum atomic E-state index is 12.3. The maximum absolute atomic E-state index is 12.3. The molecule has 0 spiro atoms. The summed E-state index contributed by atoms with van der Waals surface area (Å²) in [7, 11) is 0. The van der Waals surface area contributed by atoms with E-state index in [4.69, 9.17) is 6.42 Å². The number of benzene rings is 1. The second-order valence-corrected chi connectivity index (χ2v) is 5.50. The van der Waals surface area contributed by atoms with Crippen LogP contribution in [0.5, 0.6) is 0 Å². The molecule has 5 heteroatoms. The molecule has 112 valence electrons. The average Bonchev–Trinajstić information content (AvgIpc) is 2.47. The average molecular weight is 295 g/mol. The van der Waals surface area contributed by atoms with Crippen LogP contribution in [-0.4, -0.2) is 15.7 Å². The van der Waals surface area contributed by atoms with Crippen molar-refractivity contribution in [3.63, 3.8) is 0 Å². The maximum Gasteiger partial charge on any atom is 0.275 e. The van der Waals surface area contributed by atoms with Crippen LogP contribution in [-0.2, 0) is 17.9 Å². The molecular weight excluding hydrogens is 278 g/mol. The van der Waals surface area contributed by atoms with E-state index in [0.717, 1.165) is 24.6 Å². The highest BCUT2D eigenvalue weighted by atomic mass is 16.2. The van der Waals surface area contributed by atoms with Gasteiger partial charge in [-0.05, 0) is 18.9 Å². The Hall–Kier alpha value is -2.61. The fraction of sp³-hybridized carbons (Fsp3) is 0.353. The molecule has 3 rings (SSSR count). The number of carbonyl (C=O) groups is 1. The third kappa shape index (κ3) is 2.60. The van der Waals surface area contributed by atoms with E-state index >= 15 is 0 Å². The molecule has 0 aliphatic heterocycles. The number of rotatable bonds is 4. The van der Waals surface area contributed by atoms with Crippen molar-refractivity contribution in [1.82, 2.24) is 15.1 Å². The molecule has 0 unspecified atom stereocenters. The largest absolute Gasteiger partial charge is 0.350 e. The van der Waals surface area contributed by atoms with Crippen molar-refractivity contribution in [1.29, 1.82) is 0 Å². The monoisotopic (exact) mass is 295 g/mol. The summed E-state index contributed by atoms with van der Waals surface area (Å²) >= 11 is 0. The van der Waals surface area contributed by atoms with E-state index in [1.54, 1.807) is 12.1 Å². The molecule has 1 aromatic heterocycles. The number of carbonyl (C=O) groups excluding carboxylic acids is 1. The summed E-state index contributed by atoms with van der Waals surface area (Å²) in [6.45, 7) is 0.425. The van der Waals surface area contributed by atoms with Gasteiger partial charge in [-0.15, -0.1) is 6.42 Å². The number of terminal acetylenes is 1. The SMILES string of the molecule is C#CCn1nc(CNC(=O)C2CCC2)c2ccccc2c1=O.